The lowest BCUT2D eigenvalue weighted by Gasteiger charge is -2.13. The Morgan fingerprint density at radius 1 is 1.17 bits per heavy atom. The fraction of sp³-hybridized carbons (Fsp3) is 0.231. The molecule has 0 spiro atoms. The quantitative estimate of drug-likeness (QED) is 0.859. The molecule has 5 heteroatoms. The van der Waals surface area contributed by atoms with Crippen molar-refractivity contribution in [3.8, 4) is 0 Å². The predicted molar refractivity (Wildman–Crippen MR) is 71.9 cm³/mol. The minimum Gasteiger partial charge on any atom is -0.383 e. The molecule has 0 saturated heterocycles. The van der Waals surface area contributed by atoms with Crippen LogP contribution in [0.5, 0.6) is 0 Å². The number of thiophene rings is 1. The van der Waals surface area contributed by atoms with Crippen LogP contribution in [0.3, 0.4) is 0 Å². The number of benzene rings is 1. The van der Waals surface area contributed by atoms with E-state index in [-0.39, 0.29) is 5.56 Å². The zero-order valence-electron chi connectivity index (χ0n) is 9.80. The Hall–Kier alpha value is -0.780. The summed E-state index contributed by atoms with van der Waals surface area (Å²) >= 11 is 4.50. The molecule has 0 aliphatic rings. The van der Waals surface area contributed by atoms with Gasteiger partial charge >= 0.3 is 0 Å². The molecule has 0 fully saturated rings. The highest BCUT2D eigenvalue weighted by molar-refractivity contribution is 9.10. The standard InChI is InChI=1S/C13H11BrF2OS/c1-6-3-9(7(2)18-6)13(17)12-10(15)4-8(14)5-11(12)16/h3-5,13,17H,1-2H3. The van der Waals surface area contributed by atoms with Crippen LogP contribution < -0.4 is 0 Å². The van der Waals surface area contributed by atoms with Crippen LogP contribution in [0.15, 0.2) is 22.7 Å². The topological polar surface area (TPSA) is 20.2 Å². The minimum atomic E-state index is -1.27. The number of aliphatic hydroxyl groups is 1. The molecule has 0 saturated carbocycles. The second-order valence-electron chi connectivity index (χ2n) is 4.05. The molecule has 1 atom stereocenters. The Balaban J connectivity index is 2.52. The van der Waals surface area contributed by atoms with Gasteiger partial charge in [0.25, 0.3) is 0 Å². The number of aliphatic hydroxyl groups excluding tert-OH is 1. The van der Waals surface area contributed by atoms with Gasteiger partial charge in [-0.2, -0.15) is 0 Å². The van der Waals surface area contributed by atoms with Crippen molar-refractivity contribution in [1.29, 1.82) is 0 Å². The number of aryl methyl sites for hydroxylation is 2. The van der Waals surface area contributed by atoms with Gasteiger partial charge in [0.05, 0.1) is 5.56 Å². The van der Waals surface area contributed by atoms with Gasteiger partial charge in [-0.05, 0) is 37.6 Å². The van der Waals surface area contributed by atoms with Crippen LogP contribution in [0.25, 0.3) is 0 Å². The van der Waals surface area contributed by atoms with E-state index in [1.165, 1.54) is 11.3 Å². The van der Waals surface area contributed by atoms with Gasteiger partial charge in [-0.25, -0.2) is 8.78 Å². The number of hydrogen-bond donors (Lipinski definition) is 1. The Morgan fingerprint density at radius 2 is 1.72 bits per heavy atom. The fourth-order valence-electron chi connectivity index (χ4n) is 1.89. The van der Waals surface area contributed by atoms with Crippen LogP contribution >= 0.6 is 27.3 Å². The maximum absolute atomic E-state index is 13.8. The average molecular weight is 333 g/mol. The molecule has 0 bridgehead atoms. The Kier molecular flexibility index (Phi) is 3.84. The van der Waals surface area contributed by atoms with Crippen molar-refractivity contribution >= 4 is 27.3 Å². The summed E-state index contributed by atoms with van der Waals surface area (Å²) in [5, 5.41) is 10.1. The summed E-state index contributed by atoms with van der Waals surface area (Å²) in [6.07, 6.45) is -1.27. The van der Waals surface area contributed by atoms with Crippen molar-refractivity contribution < 1.29 is 13.9 Å². The third-order valence-electron chi connectivity index (χ3n) is 2.69. The van der Waals surface area contributed by atoms with Crippen LogP contribution in [-0.4, -0.2) is 5.11 Å². The summed E-state index contributed by atoms with van der Waals surface area (Å²) in [6.45, 7) is 3.72. The summed E-state index contributed by atoms with van der Waals surface area (Å²) in [4.78, 5) is 1.86. The van der Waals surface area contributed by atoms with Crippen LogP contribution in [0.1, 0.15) is 27.0 Å². The monoisotopic (exact) mass is 332 g/mol. The maximum atomic E-state index is 13.8. The summed E-state index contributed by atoms with van der Waals surface area (Å²) in [7, 11) is 0. The zero-order chi connectivity index (χ0) is 13.4. The van der Waals surface area contributed by atoms with Crippen LogP contribution in [0.4, 0.5) is 8.78 Å². The van der Waals surface area contributed by atoms with Crippen molar-refractivity contribution in [3.05, 3.63) is 55.2 Å². The molecule has 0 aliphatic heterocycles. The van der Waals surface area contributed by atoms with E-state index in [0.29, 0.717) is 10.0 Å². The molecule has 96 valence electrons. The highest BCUT2D eigenvalue weighted by atomic mass is 79.9. The van der Waals surface area contributed by atoms with Gasteiger partial charge in [0.1, 0.15) is 17.7 Å². The van der Waals surface area contributed by atoms with Crippen LogP contribution in [-0.2, 0) is 0 Å². The van der Waals surface area contributed by atoms with E-state index in [9.17, 15) is 13.9 Å². The normalized spacial score (nSPS) is 12.8. The molecule has 18 heavy (non-hydrogen) atoms. The molecule has 2 rings (SSSR count). The molecule has 0 radical (unpaired) electrons. The lowest BCUT2D eigenvalue weighted by atomic mass is 10.0. The molecule has 1 aromatic heterocycles. The number of hydrogen-bond acceptors (Lipinski definition) is 2. The molecule has 1 aromatic carbocycles. The molecule has 2 aromatic rings. The summed E-state index contributed by atoms with van der Waals surface area (Å²) in [5.41, 5.74) is 0.247. The molecule has 1 nitrogen and oxygen atoms in total. The second kappa shape index (κ2) is 5.07. The fourth-order valence-corrected chi connectivity index (χ4v) is 3.25. The van der Waals surface area contributed by atoms with E-state index in [1.807, 2.05) is 13.8 Å². The van der Waals surface area contributed by atoms with E-state index in [4.69, 9.17) is 0 Å². The molecular weight excluding hydrogens is 322 g/mol. The third-order valence-corrected chi connectivity index (χ3v) is 4.13. The lowest BCUT2D eigenvalue weighted by Crippen LogP contribution is -2.06. The lowest BCUT2D eigenvalue weighted by molar-refractivity contribution is 0.209. The minimum absolute atomic E-state index is 0.306. The van der Waals surface area contributed by atoms with E-state index in [0.717, 1.165) is 21.9 Å². The molecule has 1 unspecified atom stereocenters. The average Bonchev–Trinajstić information content (AvgIpc) is 2.56. The maximum Gasteiger partial charge on any atom is 0.133 e. The summed E-state index contributed by atoms with van der Waals surface area (Å²) < 4.78 is 27.8. The summed E-state index contributed by atoms with van der Waals surface area (Å²) in [5.74, 6) is -1.50. The van der Waals surface area contributed by atoms with E-state index in [2.05, 4.69) is 15.9 Å². The van der Waals surface area contributed by atoms with E-state index >= 15 is 0 Å². The van der Waals surface area contributed by atoms with Crippen molar-refractivity contribution in [2.24, 2.45) is 0 Å². The van der Waals surface area contributed by atoms with Gasteiger partial charge in [-0.15, -0.1) is 11.3 Å². The SMILES string of the molecule is Cc1cc(C(O)c2c(F)cc(Br)cc2F)c(C)s1. The molecule has 0 amide bonds. The smallest absolute Gasteiger partial charge is 0.133 e. The van der Waals surface area contributed by atoms with Crippen molar-refractivity contribution in [2.75, 3.05) is 0 Å². The van der Waals surface area contributed by atoms with E-state index in [1.54, 1.807) is 6.07 Å². The first-order chi connectivity index (χ1) is 8.40. The number of halogens is 3. The largest absolute Gasteiger partial charge is 0.383 e. The highest BCUT2D eigenvalue weighted by Crippen LogP contribution is 2.34. The van der Waals surface area contributed by atoms with Gasteiger partial charge in [-0.1, -0.05) is 15.9 Å². The second-order valence-corrected chi connectivity index (χ2v) is 6.43. The van der Waals surface area contributed by atoms with Gasteiger partial charge in [0.2, 0.25) is 0 Å². The Morgan fingerprint density at radius 3 is 2.17 bits per heavy atom. The first-order valence-electron chi connectivity index (χ1n) is 5.29. The third kappa shape index (κ3) is 2.48. The van der Waals surface area contributed by atoms with Crippen LogP contribution in [0, 0.1) is 25.5 Å². The zero-order valence-corrected chi connectivity index (χ0v) is 12.2. The van der Waals surface area contributed by atoms with Crippen molar-refractivity contribution in [1.82, 2.24) is 0 Å². The van der Waals surface area contributed by atoms with Crippen molar-refractivity contribution in [2.45, 2.75) is 20.0 Å². The van der Waals surface area contributed by atoms with Crippen LogP contribution in [0.2, 0.25) is 0 Å². The van der Waals surface area contributed by atoms with Gasteiger partial charge in [-0.3, -0.25) is 0 Å². The van der Waals surface area contributed by atoms with Crippen molar-refractivity contribution in [3.63, 3.8) is 0 Å². The van der Waals surface area contributed by atoms with Gasteiger partial charge in [0.15, 0.2) is 0 Å². The molecule has 1 heterocycles. The molecular formula is C13H11BrF2OS. The Labute approximate surface area is 116 Å². The Bertz CT molecular complexity index is 572. The molecule has 0 aliphatic carbocycles. The first kappa shape index (κ1) is 13.6. The highest BCUT2D eigenvalue weighted by Gasteiger charge is 2.22. The first-order valence-corrected chi connectivity index (χ1v) is 6.90. The van der Waals surface area contributed by atoms with Gasteiger partial charge < -0.3 is 5.11 Å². The van der Waals surface area contributed by atoms with Gasteiger partial charge in [0, 0.05) is 14.2 Å². The molecule has 1 N–H and O–H groups in total. The number of rotatable bonds is 2. The predicted octanol–water partition coefficient (Wildman–Crippen LogP) is 4.49. The summed E-state index contributed by atoms with van der Waals surface area (Å²) in [6, 6.07) is 4.05. The van der Waals surface area contributed by atoms with E-state index < -0.39 is 17.7 Å².